The van der Waals surface area contributed by atoms with Crippen LogP contribution in [0.2, 0.25) is 0 Å². The molecular weight excluding hydrogens is 428 g/mol. The fourth-order valence-corrected chi connectivity index (χ4v) is 4.63. The number of carbonyl (C=O) groups is 1. The van der Waals surface area contributed by atoms with E-state index in [0.717, 1.165) is 86.5 Å². The lowest BCUT2D eigenvalue weighted by Gasteiger charge is -2.30. The molecule has 0 saturated carbocycles. The minimum absolute atomic E-state index is 0.129. The second-order valence-corrected chi connectivity index (χ2v) is 8.81. The fourth-order valence-electron chi connectivity index (χ4n) is 4.63. The predicted molar refractivity (Wildman–Crippen MR) is 133 cm³/mol. The molecule has 8 nitrogen and oxygen atoms in total. The number of morpholine rings is 1. The van der Waals surface area contributed by atoms with Gasteiger partial charge in [-0.1, -0.05) is 12.0 Å². The number of piperidine rings is 1. The number of aromatic amines is 1. The molecule has 34 heavy (non-hydrogen) atoms. The van der Waals surface area contributed by atoms with Crippen molar-refractivity contribution in [3.63, 3.8) is 0 Å². The normalized spacial score (nSPS) is 17.4. The zero-order valence-corrected chi connectivity index (χ0v) is 19.5. The Bertz CT molecular complexity index is 1210. The first kappa shape index (κ1) is 22.4. The molecular formula is C26H30N6O2. The van der Waals surface area contributed by atoms with Gasteiger partial charge in [-0.05, 0) is 43.5 Å². The largest absolute Gasteiger partial charge is 0.378 e. The van der Waals surface area contributed by atoms with Crippen LogP contribution in [0.25, 0.3) is 22.0 Å². The van der Waals surface area contributed by atoms with E-state index in [9.17, 15) is 4.79 Å². The summed E-state index contributed by atoms with van der Waals surface area (Å²) in [6, 6.07) is 8.35. The fraction of sp³-hybridized carbons (Fsp3) is 0.423. The second kappa shape index (κ2) is 10.2. The number of anilines is 1. The highest BCUT2D eigenvalue weighted by Gasteiger charge is 2.23. The molecule has 2 aliphatic rings. The Hall–Kier alpha value is -3.41. The molecule has 2 aliphatic heterocycles. The van der Waals surface area contributed by atoms with E-state index in [-0.39, 0.29) is 11.9 Å². The number of aromatic nitrogens is 3. The van der Waals surface area contributed by atoms with Gasteiger partial charge in [0.05, 0.1) is 37.2 Å². The summed E-state index contributed by atoms with van der Waals surface area (Å²) in [6.45, 7) is 7.73. The van der Waals surface area contributed by atoms with Crippen LogP contribution >= 0.6 is 0 Å². The second-order valence-electron chi connectivity index (χ2n) is 8.81. The van der Waals surface area contributed by atoms with Crippen molar-refractivity contribution in [1.29, 1.82) is 0 Å². The molecule has 0 spiro atoms. The van der Waals surface area contributed by atoms with Gasteiger partial charge in [0.2, 0.25) is 0 Å². The minimum Gasteiger partial charge on any atom is -0.378 e. The average molecular weight is 459 g/mol. The van der Waals surface area contributed by atoms with Gasteiger partial charge in [0, 0.05) is 49.4 Å². The van der Waals surface area contributed by atoms with Crippen molar-refractivity contribution in [2.75, 3.05) is 50.8 Å². The number of hydrogen-bond donors (Lipinski definition) is 2. The number of amides is 1. The van der Waals surface area contributed by atoms with E-state index >= 15 is 0 Å². The van der Waals surface area contributed by atoms with Gasteiger partial charge in [-0.15, -0.1) is 5.92 Å². The van der Waals surface area contributed by atoms with E-state index in [1.54, 1.807) is 0 Å². The Morgan fingerprint density at radius 1 is 1.15 bits per heavy atom. The molecule has 1 amide bonds. The van der Waals surface area contributed by atoms with Gasteiger partial charge in [0.25, 0.3) is 5.91 Å². The van der Waals surface area contributed by atoms with E-state index in [4.69, 9.17) is 4.74 Å². The number of pyridine rings is 1. The highest BCUT2D eigenvalue weighted by molar-refractivity contribution is 6.05. The molecule has 0 bridgehead atoms. The van der Waals surface area contributed by atoms with Gasteiger partial charge in [0.1, 0.15) is 0 Å². The molecule has 0 radical (unpaired) electrons. The molecule has 3 aromatic rings. The molecule has 4 heterocycles. The zero-order chi connectivity index (χ0) is 23.3. The third kappa shape index (κ3) is 4.91. The van der Waals surface area contributed by atoms with E-state index in [1.165, 1.54) is 0 Å². The van der Waals surface area contributed by atoms with Crippen LogP contribution in [-0.4, -0.2) is 78.0 Å². The van der Waals surface area contributed by atoms with Crippen LogP contribution in [-0.2, 0) is 4.74 Å². The lowest BCUT2D eigenvalue weighted by atomic mass is 10.0. The average Bonchev–Trinajstić information content (AvgIpc) is 3.32. The van der Waals surface area contributed by atoms with E-state index in [2.05, 4.69) is 48.2 Å². The van der Waals surface area contributed by atoms with Crippen molar-refractivity contribution >= 4 is 22.5 Å². The number of likely N-dealkylation sites (tertiary alicyclic amines) is 1. The lowest BCUT2D eigenvalue weighted by Crippen LogP contribution is -2.44. The van der Waals surface area contributed by atoms with Gasteiger partial charge >= 0.3 is 0 Å². The number of fused-ring (bicyclic) bond motifs is 1. The third-order valence-corrected chi connectivity index (χ3v) is 6.61. The summed E-state index contributed by atoms with van der Waals surface area (Å²) in [6.07, 6.45) is 5.60. The molecule has 2 saturated heterocycles. The quantitative estimate of drug-likeness (QED) is 0.572. The van der Waals surface area contributed by atoms with Crippen molar-refractivity contribution in [2.45, 2.75) is 25.8 Å². The van der Waals surface area contributed by atoms with Crippen molar-refractivity contribution in [3.05, 3.63) is 42.4 Å². The molecule has 0 atom stereocenters. The summed E-state index contributed by atoms with van der Waals surface area (Å²) >= 11 is 0. The monoisotopic (exact) mass is 458 g/mol. The van der Waals surface area contributed by atoms with Crippen molar-refractivity contribution in [3.8, 4) is 23.0 Å². The van der Waals surface area contributed by atoms with E-state index in [0.29, 0.717) is 5.69 Å². The maximum absolute atomic E-state index is 13.1. The summed E-state index contributed by atoms with van der Waals surface area (Å²) < 4.78 is 5.47. The molecule has 176 valence electrons. The summed E-state index contributed by atoms with van der Waals surface area (Å²) in [5, 5.41) is 11.4. The van der Waals surface area contributed by atoms with Crippen LogP contribution in [0.5, 0.6) is 0 Å². The number of benzene rings is 1. The maximum Gasteiger partial charge on any atom is 0.272 e. The van der Waals surface area contributed by atoms with Crippen LogP contribution in [0.4, 0.5) is 5.69 Å². The number of H-pyrrole nitrogens is 1. The first-order chi connectivity index (χ1) is 16.7. The van der Waals surface area contributed by atoms with Gasteiger partial charge < -0.3 is 15.0 Å². The van der Waals surface area contributed by atoms with E-state index < -0.39 is 0 Å². The summed E-state index contributed by atoms with van der Waals surface area (Å²) in [7, 11) is 0. The standard InChI is InChI=1S/C26H30N6O2/c1-2-3-8-31-9-6-21(7-10-31)28-26(33)25-23-16-19(4-5-24(23)29-30-25)20-15-22(18-27-17-20)32-11-13-34-14-12-32/h4-5,15-18,21H,6-14H2,1H3,(H,28,33)(H,29,30). The smallest absolute Gasteiger partial charge is 0.272 e. The number of hydrogen-bond acceptors (Lipinski definition) is 6. The third-order valence-electron chi connectivity index (χ3n) is 6.61. The molecule has 5 rings (SSSR count). The zero-order valence-electron chi connectivity index (χ0n) is 19.5. The van der Waals surface area contributed by atoms with Crippen LogP contribution in [0.3, 0.4) is 0 Å². The molecule has 2 N–H and O–H groups in total. The van der Waals surface area contributed by atoms with Crippen LogP contribution in [0.1, 0.15) is 30.3 Å². The highest BCUT2D eigenvalue weighted by Crippen LogP contribution is 2.28. The van der Waals surface area contributed by atoms with Crippen LogP contribution < -0.4 is 10.2 Å². The molecule has 2 aromatic heterocycles. The number of carbonyl (C=O) groups excluding carboxylic acids is 1. The summed E-state index contributed by atoms with van der Waals surface area (Å²) in [4.78, 5) is 22.2. The Morgan fingerprint density at radius 2 is 1.97 bits per heavy atom. The molecule has 8 heteroatoms. The molecule has 0 unspecified atom stereocenters. The summed E-state index contributed by atoms with van der Waals surface area (Å²) in [5.74, 6) is 5.93. The number of nitrogens with one attached hydrogen (secondary N) is 2. The SMILES string of the molecule is CC#CCN1CCC(NC(=O)c2n[nH]c3ccc(-c4cncc(N5CCOCC5)c4)cc23)CC1. The van der Waals surface area contributed by atoms with Gasteiger partial charge in [0.15, 0.2) is 5.69 Å². The van der Waals surface area contributed by atoms with Crippen LogP contribution in [0, 0.1) is 11.8 Å². The number of rotatable bonds is 5. The van der Waals surface area contributed by atoms with E-state index in [1.807, 2.05) is 37.5 Å². The topological polar surface area (TPSA) is 86.4 Å². The van der Waals surface area contributed by atoms with Crippen LogP contribution in [0.15, 0.2) is 36.7 Å². The minimum atomic E-state index is -0.129. The Kier molecular flexibility index (Phi) is 6.74. The number of nitrogens with zero attached hydrogens (tertiary/aromatic N) is 4. The maximum atomic E-state index is 13.1. The van der Waals surface area contributed by atoms with Gasteiger partial charge in [-0.25, -0.2) is 0 Å². The Labute approximate surface area is 199 Å². The van der Waals surface area contributed by atoms with Crippen molar-refractivity contribution < 1.29 is 9.53 Å². The number of ether oxygens (including phenoxy) is 1. The first-order valence-electron chi connectivity index (χ1n) is 11.9. The molecule has 0 aliphatic carbocycles. The van der Waals surface area contributed by atoms with Crippen molar-refractivity contribution in [2.24, 2.45) is 0 Å². The Balaban J connectivity index is 1.31. The highest BCUT2D eigenvalue weighted by atomic mass is 16.5. The molecule has 1 aromatic carbocycles. The predicted octanol–water partition coefficient (Wildman–Crippen LogP) is 2.68. The Morgan fingerprint density at radius 3 is 2.76 bits per heavy atom. The van der Waals surface area contributed by atoms with Gasteiger partial charge in [-0.3, -0.25) is 19.8 Å². The van der Waals surface area contributed by atoms with Crippen molar-refractivity contribution in [1.82, 2.24) is 25.4 Å². The lowest BCUT2D eigenvalue weighted by molar-refractivity contribution is 0.0911. The molecule has 2 fully saturated rings. The summed E-state index contributed by atoms with van der Waals surface area (Å²) in [5.41, 5.74) is 4.40. The first-order valence-corrected chi connectivity index (χ1v) is 11.9. The van der Waals surface area contributed by atoms with Gasteiger partial charge in [-0.2, -0.15) is 5.10 Å².